The first kappa shape index (κ1) is 12.2. The van der Waals surface area contributed by atoms with Crippen LogP contribution in [0.3, 0.4) is 0 Å². The molecule has 17 heavy (non-hydrogen) atoms. The molecule has 0 amide bonds. The molecular formula is C11H12BrN3O2. The van der Waals surface area contributed by atoms with Gasteiger partial charge in [-0.3, -0.25) is 4.98 Å². The molecule has 0 saturated heterocycles. The van der Waals surface area contributed by atoms with Crippen molar-refractivity contribution in [3.8, 4) is 11.5 Å². The lowest BCUT2D eigenvalue weighted by Crippen LogP contribution is -2.11. The van der Waals surface area contributed by atoms with Crippen molar-refractivity contribution >= 4 is 15.9 Å². The maximum absolute atomic E-state index is 9.44. The standard InChI is InChI=1S/C11H12BrN3O2/c1-6(7(2)16)11-14-10(15-17-11)9-4-3-8(12)5-13-9/h3-7,16H,1-2H3. The lowest BCUT2D eigenvalue weighted by atomic mass is 10.1. The number of halogens is 1. The Kier molecular flexibility index (Phi) is 3.54. The quantitative estimate of drug-likeness (QED) is 0.942. The van der Waals surface area contributed by atoms with Gasteiger partial charge in [0, 0.05) is 10.7 Å². The molecule has 0 aliphatic carbocycles. The fourth-order valence-corrected chi connectivity index (χ4v) is 1.47. The highest BCUT2D eigenvalue weighted by Gasteiger charge is 2.19. The third-order valence-electron chi connectivity index (χ3n) is 2.51. The fraction of sp³-hybridized carbons (Fsp3) is 0.364. The molecule has 5 nitrogen and oxygen atoms in total. The third kappa shape index (κ3) is 2.70. The average molecular weight is 298 g/mol. The van der Waals surface area contributed by atoms with Crippen molar-refractivity contribution in [3.63, 3.8) is 0 Å². The highest BCUT2D eigenvalue weighted by molar-refractivity contribution is 9.10. The Balaban J connectivity index is 2.26. The first-order valence-electron chi connectivity index (χ1n) is 5.21. The van der Waals surface area contributed by atoms with E-state index in [-0.39, 0.29) is 5.92 Å². The number of nitrogens with zero attached hydrogens (tertiary/aromatic N) is 3. The molecule has 2 heterocycles. The molecule has 2 unspecified atom stereocenters. The maximum Gasteiger partial charge on any atom is 0.232 e. The fourth-order valence-electron chi connectivity index (χ4n) is 1.24. The summed E-state index contributed by atoms with van der Waals surface area (Å²) in [4.78, 5) is 8.39. The van der Waals surface area contributed by atoms with E-state index in [1.54, 1.807) is 19.2 Å². The highest BCUT2D eigenvalue weighted by atomic mass is 79.9. The molecule has 0 radical (unpaired) electrons. The van der Waals surface area contributed by atoms with Crippen LogP contribution in [0.5, 0.6) is 0 Å². The van der Waals surface area contributed by atoms with Crippen LogP contribution in [0.15, 0.2) is 27.3 Å². The van der Waals surface area contributed by atoms with E-state index in [2.05, 4.69) is 31.1 Å². The largest absolute Gasteiger partial charge is 0.393 e. The monoisotopic (exact) mass is 297 g/mol. The van der Waals surface area contributed by atoms with Crippen molar-refractivity contribution in [2.45, 2.75) is 25.9 Å². The van der Waals surface area contributed by atoms with E-state index in [1.165, 1.54) is 0 Å². The van der Waals surface area contributed by atoms with Crippen molar-refractivity contribution in [1.82, 2.24) is 15.1 Å². The molecule has 1 N–H and O–H groups in total. The van der Waals surface area contributed by atoms with Crippen LogP contribution in [0.4, 0.5) is 0 Å². The van der Waals surface area contributed by atoms with Gasteiger partial charge in [0.15, 0.2) is 0 Å². The van der Waals surface area contributed by atoms with Crippen molar-refractivity contribution in [1.29, 1.82) is 0 Å². The van der Waals surface area contributed by atoms with Gasteiger partial charge in [-0.2, -0.15) is 4.98 Å². The van der Waals surface area contributed by atoms with Crippen LogP contribution in [0, 0.1) is 0 Å². The zero-order valence-electron chi connectivity index (χ0n) is 9.46. The van der Waals surface area contributed by atoms with E-state index >= 15 is 0 Å². The van der Waals surface area contributed by atoms with Gasteiger partial charge < -0.3 is 9.63 Å². The second-order valence-electron chi connectivity index (χ2n) is 3.85. The van der Waals surface area contributed by atoms with Crippen LogP contribution in [0.2, 0.25) is 0 Å². The summed E-state index contributed by atoms with van der Waals surface area (Å²) in [6.07, 6.45) is 1.14. The molecule has 90 valence electrons. The van der Waals surface area contributed by atoms with Crippen LogP contribution in [-0.4, -0.2) is 26.3 Å². The Bertz CT molecular complexity index is 496. The van der Waals surface area contributed by atoms with Gasteiger partial charge in [-0.25, -0.2) is 0 Å². The Morgan fingerprint density at radius 1 is 1.35 bits per heavy atom. The average Bonchev–Trinajstić information content (AvgIpc) is 2.78. The molecule has 2 rings (SSSR count). The Hall–Kier alpha value is -1.27. The molecule has 0 aromatic carbocycles. The summed E-state index contributed by atoms with van der Waals surface area (Å²) in [6, 6.07) is 3.65. The number of hydrogen-bond donors (Lipinski definition) is 1. The number of pyridine rings is 1. The molecule has 0 aliphatic heterocycles. The summed E-state index contributed by atoms with van der Waals surface area (Å²) < 4.78 is 5.99. The van der Waals surface area contributed by atoms with Gasteiger partial charge in [0.05, 0.1) is 12.0 Å². The lowest BCUT2D eigenvalue weighted by Gasteiger charge is -2.07. The van der Waals surface area contributed by atoms with Crippen LogP contribution in [0.25, 0.3) is 11.5 Å². The molecular weight excluding hydrogens is 286 g/mol. The predicted octanol–water partition coefficient (Wildman–Crippen LogP) is 2.38. The molecule has 0 aliphatic rings. The number of aromatic nitrogens is 3. The van der Waals surface area contributed by atoms with Crippen LogP contribution >= 0.6 is 15.9 Å². The van der Waals surface area contributed by atoms with Crippen molar-refractivity contribution in [3.05, 3.63) is 28.7 Å². The van der Waals surface area contributed by atoms with Crippen LogP contribution < -0.4 is 0 Å². The number of hydrogen-bond acceptors (Lipinski definition) is 5. The maximum atomic E-state index is 9.44. The lowest BCUT2D eigenvalue weighted by molar-refractivity contribution is 0.151. The van der Waals surface area contributed by atoms with Crippen LogP contribution in [0.1, 0.15) is 25.7 Å². The smallest absolute Gasteiger partial charge is 0.232 e. The van der Waals surface area contributed by atoms with Gasteiger partial charge >= 0.3 is 0 Å². The molecule has 6 heteroatoms. The Morgan fingerprint density at radius 2 is 2.12 bits per heavy atom. The first-order valence-corrected chi connectivity index (χ1v) is 6.01. The second-order valence-corrected chi connectivity index (χ2v) is 4.76. The SMILES string of the molecule is CC(O)C(C)c1nc(-c2ccc(Br)cn2)no1. The van der Waals surface area contributed by atoms with Gasteiger partial charge in [0.2, 0.25) is 11.7 Å². The van der Waals surface area contributed by atoms with Gasteiger partial charge in [-0.05, 0) is 35.0 Å². The van der Waals surface area contributed by atoms with Crippen molar-refractivity contribution in [2.24, 2.45) is 0 Å². The van der Waals surface area contributed by atoms with E-state index in [0.717, 1.165) is 4.47 Å². The number of aliphatic hydroxyl groups is 1. The van der Waals surface area contributed by atoms with Crippen molar-refractivity contribution in [2.75, 3.05) is 0 Å². The topological polar surface area (TPSA) is 72.0 Å². The van der Waals surface area contributed by atoms with Gasteiger partial charge in [0.25, 0.3) is 0 Å². The molecule has 0 spiro atoms. The third-order valence-corrected chi connectivity index (χ3v) is 2.98. The number of aliphatic hydroxyl groups excluding tert-OH is 1. The van der Waals surface area contributed by atoms with E-state index in [4.69, 9.17) is 4.52 Å². The molecule has 0 bridgehead atoms. The summed E-state index contributed by atoms with van der Waals surface area (Å²) in [5.74, 6) is 0.659. The predicted molar refractivity (Wildman–Crippen MR) is 65.3 cm³/mol. The first-order chi connectivity index (χ1) is 8.08. The van der Waals surface area contributed by atoms with Crippen molar-refractivity contribution < 1.29 is 9.63 Å². The summed E-state index contributed by atoms with van der Waals surface area (Å²) in [5, 5.41) is 13.3. The number of rotatable bonds is 3. The van der Waals surface area contributed by atoms with E-state index in [1.807, 2.05) is 13.0 Å². The summed E-state index contributed by atoms with van der Waals surface area (Å²) in [5.41, 5.74) is 0.640. The summed E-state index contributed by atoms with van der Waals surface area (Å²) in [7, 11) is 0. The van der Waals surface area contributed by atoms with Gasteiger partial charge in [0.1, 0.15) is 5.69 Å². The van der Waals surface area contributed by atoms with E-state index in [9.17, 15) is 5.11 Å². The molecule has 2 aromatic rings. The minimum absolute atomic E-state index is 0.188. The zero-order valence-corrected chi connectivity index (χ0v) is 11.0. The molecule has 0 saturated carbocycles. The highest BCUT2D eigenvalue weighted by Crippen LogP contribution is 2.21. The minimum Gasteiger partial charge on any atom is -0.393 e. The van der Waals surface area contributed by atoms with Gasteiger partial charge in [-0.15, -0.1) is 0 Å². The zero-order chi connectivity index (χ0) is 12.4. The van der Waals surface area contributed by atoms with E-state index < -0.39 is 6.10 Å². The van der Waals surface area contributed by atoms with Gasteiger partial charge in [-0.1, -0.05) is 12.1 Å². The molecule has 2 aromatic heterocycles. The van der Waals surface area contributed by atoms with Crippen LogP contribution in [-0.2, 0) is 0 Å². The van der Waals surface area contributed by atoms with E-state index in [0.29, 0.717) is 17.4 Å². The second kappa shape index (κ2) is 4.93. The summed E-state index contributed by atoms with van der Waals surface area (Å²) in [6.45, 7) is 3.52. The Morgan fingerprint density at radius 3 is 2.71 bits per heavy atom. The summed E-state index contributed by atoms with van der Waals surface area (Å²) >= 11 is 3.31. The Labute approximate surface area is 107 Å². The molecule has 2 atom stereocenters. The minimum atomic E-state index is -0.527. The molecule has 0 fully saturated rings. The normalized spacial score (nSPS) is 14.6.